The molecule has 0 saturated heterocycles. The van der Waals surface area contributed by atoms with Crippen molar-refractivity contribution in [2.75, 3.05) is 6.61 Å². The van der Waals surface area contributed by atoms with Gasteiger partial charge in [0.25, 0.3) is 0 Å². The molecule has 0 heterocycles. The van der Waals surface area contributed by atoms with Crippen molar-refractivity contribution < 1.29 is 15.3 Å². The quantitative estimate of drug-likeness (QED) is 0.629. The van der Waals surface area contributed by atoms with Crippen LogP contribution in [0.5, 0.6) is 0 Å². The van der Waals surface area contributed by atoms with E-state index in [9.17, 15) is 15.3 Å². The topological polar surface area (TPSA) is 72.7 Å². The molecule has 2 bridgehead atoms. The minimum atomic E-state index is -0.732. The zero-order chi connectivity index (χ0) is 13.5. The molecule has 0 aromatic heterocycles. The van der Waals surface area contributed by atoms with Gasteiger partial charge in [0.2, 0.25) is 0 Å². The molecule has 3 rings (SSSR count). The van der Waals surface area contributed by atoms with E-state index in [2.05, 4.69) is 5.32 Å². The van der Waals surface area contributed by atoms with Gasteiger partial charge in [0.05, 0.1) is 12.2 Å². The first-order valence-corrected chi connectivity index (χ1v) is 6.92. The molecule has 2 aliphatic rings. The summed E-state index contributed by atoms with van der Waals surface area (Å²) in [4.78, 5) is 0. The van der Waals surface area contributed by atoms with Crippen LogP contribution in [0.2, 0.25) is 0 Å². The van der Waals surface area contributed by atoms with Crippen LogP contribution in [0, 0.1) is 11.8 Å². The number of nitrogens with one attached hydrogen (secondary N) is 1. The Balaban J connectivity index is 1.72. The lowest BCUT2D eigenvalue weighted by molar-refractivity contribution is -0.0581. The van der Waals surface area contributed by atoms with Gasteiger partial charge in [-0.2, -0.15) is 0 Å². The molecule has 0 radical (unpaired) electrons. The molecule has 0 unspecified atom stereocenters. The zero-order valence-electron chi connectivity index (χ0n) is 10.9. The largest absolute Gasteiger partial charge is 0.396 e. The summed E-state index contributed by atoms with van der Waals surface area (Å²) in [6.07, 6.45) is 0.0327. The molecular formula is C15H21NO3. The number of hydrogen-bond donors (Lipinski definition) is 4. The molecule has 19 heavy (non-hydrogen) atoms. The molecular weight excluding hydrogens is 242 g/mol. The number of fused-ring (bicyclic) bond motifs is 2. The number of benzene rings is 1. The Morgan fingerprint density at radius 1 is 1.16 bits per heavy atom. The third-order valence-corrected chi connectivity index (χ3v) is 4.88. The number of aliphatic hydroxyl groups is 3. The van der Waals surface area contributed by atoms with E-state index in [4.69, 9.17) is 0 Å². The predicted molar refractivity (Wildman–Crippen MR) is 71.3 cm³/mol. The zero-order valence-corrected chi connectivity index (χ0v) is 10.9. The molecule has 2 aliphatic carbocycles. The van der Waals surface area contributed by atoms with E-state index >= 15 is 0 Å². The van der Waals surface area contributed by atoms with Crippen molar-refractivity contribution in [1.29, 1.82) is 0 Å². The molecule has 4 heteroatoms. The van der Waals surface area contributed by atoms with Crippen molar-refractivity contribution in [2.24, 2.45) is 11.8 Å². The fourth-order valence-corrected chi connectivity index (χ4v) is 3.81. The second-order valence-electron chi connectivity index (χ2n) is 5.95. The number of hydrogen-bond acceptors (Lipinski definition) is 4. The summed E-state index contributed by atoms with van der Waals surface area (Å²) in [6, 6.07) is 10.0. The van der Waals surface area contributed by atoms with Crippen LogP contribution >= 0.6 is 0 Å². The minimum absolute atomic E-state index is 0.0169. The van der Waals surface area contributed by atoms with E-state index in [0.717, 1.165) is 18.4 Å². The minimum Gasteiger partial charge on any atom is -0.396 e. The van der Waals surface area contributed by atoms with Crippen LogP contribution < -0.4 is 5.32 Å². The molecule has 2 saturated carbocycles. The van der Waals surface area contributed by atoms with Crippen molar-refractivity contribution in [1.82, 2.24) is 5.32 Å². The number of aliphatic hydroxyl groups excluding tert-OH is 3. The van der Waals surface area contributed by atoms with Crippen molar-refractivity contribution in [3.05, 3.63) is 35.9 Å². The van der Waals surface area contributed by atoms with Crippen molar-refractivity contribution in [3.8, 4) is 0 Å². The van der Waals surface area contributed by atoms with E-state index < -0.39 is 17.7 Å². The van der Waals surface area contributed by atoms with Crippen LogP contribution in [0.25, 0.3) is 0 Å². The van der Waals surface area contributed by atoms with Gasteiger partial charge in [-0.1, -0.05) is 30.3 Å². The van der Waals surface area contributed by atoms with E-state index in [1.807, 2.05) is 30.3 Å². The average molecular weight is 263 g/mol. The Kier molecular flexibility index (Phi) is 3.35. The summed E-state index contributed by atoms with van der Waals surface area (Å²) < 4.78 is 0. The fraction of sp³-hybridized carbons (Fsp3) is 0.600. The fourth-order valence-electron chi connectivity index (χ4n) is 3.81. The van der Waals surface area contributed by atoms with Gasteiger partial charge in [0.1, 0.15) is 0 Å². The molecule has 1 aromatic rings. The summed E-state index contributed by atoms with van der Waals surface area (Å²) >= 11 is 0. The summed E-state index contributed by atoms with van der Waals surface area (Å²) in [5, 5.41) is 33.1. The van der Waals surface area contributed by atoms with Gasteiger partial charge >= 0.3 is 0 Å². The average Bonchev–Trinajstić information content (AvgIpc) is 2.94. The van der Waals surface area contributed by atoms with Crippen LogP contribution in [0.4, 0.5) is 0 Å². The molecule has 0 spiro atoms. The molecule has 1 aromatic carbocycles. The maximum atomic E-state index is 10.2. The van der Waals surface area contributed by atoms with E-state index in [1.165, 1.54) is 0 Å². The van der Waals surface area contributed by atoms with E-state index in [1.54, 1.807) is 0 Å². The van der Waals surface area contributed by atoms with E-state index in [-0.39, 0.29) is 18.4 Å². The van der Waals surface area contributed by atoms with Gasteiger partial charge in [-0.05, 0) is 30.2 Å². The predicted octanol–water partition coefficient (Wildman–Crippen LogP) is 0.269. The van der Waals surface area contributed by atoms with Gasteiger partial charge in [-0.25, -0.2) is 0 Å². The Bertz CT molecular complexity index is 432. The molecule has 104 valence electrons. The molecule has 5 atom stereocenters. The summed E-state index contributed by atoms with van der Waals surface area (Å²) in [5.74, 6) is 0.116. The summed E-state index contributed by atoms with van der Waals surface area (Å²) in [6.45, 7) is 0.763. The highest BCUT2D eigenvalue weighted by molar-refractivity contribution is 5.19. The SMILES string of the molecule is OC[C@H]1C[C@]2(NCc3ccccc3)C[C@@H]1[C@H](O)[C@@H]2O. The smallest absolute Gasteiger partial charge is 0.0983 e. The second kappa shape index (κ2) is 4.87. The monoisotopic (exact) mass is 263 g/mol. The lowest BCUT2D eigenvalue weighted by Gasteiger charge is -2.37. The van der Waals surface area contributed by atoms with Crippen molar-refractivity contribution in [2.45, 2.75) is 37.1 Å². The van der Waals surface area contributed by atoms with Crippen LogP contribution in [-0.4, -0.2) is 39.7 Å². The molecule has 4 nitrogen and oxygen atoms in total. The van der Waals surface area contributed by atoms with Crippen LogP contribution in [0.3, 0.4) is 0 Å². The third-order valence-electron chi connectivity index (χ3n) is 4.88. The first kappa shape index (κ1) is 13.1. The Morgan fingerprint density at radius 2 is 1.89 bits per heavy atom. The lowest BCUT2D eigenvalue weighted by atomic mass is 9.82. The molecule has 2 fully saturated rings. The molecule has 0 amide bonds. The van der Waals surface area contributed by atoms with Gasteiger partial charge < -0.3 is 20.6 Å². The van der Waals surface area contributed by atoms with Crippen LogP contribution in [0.1, 0.15) is 18.4 Å². The Labute approximate surface area is 113 Å². The maximum absolute atomic E-state index is 10.2. The van der Waals surface area contributed by atoms with Gasteiger partial charge in [-0.3, -0.25) is 0 Å². The maximum Gasteiger partial charge on any atom is 0.0983 e. The van der Waals surface area contributed by atoms with Crippen molar-refractivity contribution >= 4 is 0 Å². The van der Waals surface area contributed by atoms with Gasteiger partial charge in [0, 0.05) is 18.7 Å². The van der Waals surface area contributed by atoms with E-state index in [0.29, 0.717) is 6.54 Å². The first-order valence-electron chi connectivity index (χ1n) is 6.92. The standard InChI is InChI=1S/C15H21NO3/c17-9-11-6-15(7-12(11)13(18)14(15)19)16-8-10-4-2-1-3-5-10/h1-5,11-14,16-19H,6-9H2/t11-,12+,13+,14+,15+/m1/s1. The van der Waals surface area contributed by atoms with Gasteiger partial charge in [0.15, 0.2) is 0 Å². The van der Waals surface area contributed by atoms with Crippen LogP contribution in [-0.2, 0) is 6.54 Å². The molecule has 4 N–H and O–H groups in total. The lowest BCUT2D eigenvalue weighted by Crippen LogP contribution is -2.55. The summed E-state index contributed by atoms with van der Waals surface area (Å²) in [7, 11) is 0. The highest BCUT2D eigenvalue weighted by Crippen LogP contribution is 2.51. The first-order chi connectivity index (χ1) is 9.16. The third kappa shape index (κ3) is 2.09. The highest BCUT2D eigenvalue weighted by atomic mass is 16.3. The number of rotatable bonds is 4. The normalized spacial score (nSPS) is 40.8. The Hall–Kier alpha value is -0.940. The highest BCUT2D eigenvalue weighted by Gasteiger charge is 2.60. The van der Waals surface area contributed by atoms with Crippen LogP contribution in [0.15, 0.2) is 30.3 Å². The Morgan fingerprint density at radius 3 is 2.58 bits per heavy atom. The molecule has 0 aliphatic heterocycles. The van der Waals surface area contributed by atoms with Gasteiger partial charge in [-0.15, -0.1) is 0 Å². The second-order valence-corrected chi connectivity index (χ2v) is 5.95. The van der Waals surface area contributed by atoms with Crippen molar-refractivity contribution in [3.63, 3.8) is 0 Å². The summed E-state index contributed by atoms with van der Waals surface area (Å²) in [5.41, 5.74) is 0.724.